The number of para-hydroxylation sites is 2. The van der Waals surface area contributed by atoms with E-state index in [0.717, 1.165) is 17.1 Å². The van der Waals surface area contributed by atoms with E-state index < -0.39 is 0 Å². The topological polar surface area (TPSA) is 3.24 Å². The molecular formula is C46H31NS. The molecule has 9 aromatic rings. The van der Waals surface area contributed by atoms with E-state index in [9.17, 15) is 0 Å². The van der Waals surface area contributed by atoms with Crippen LogP contribution in [0.5, 0.6) is 0 Å². The van der Waals surface area contributed by atoms with E-state index in [0.29, 0.717) is 0 Å². The third kappa shape index (κ3) is 4.95. The fourth-order valence-corrected chi connectivity index (χ4v) is 8.21. The lowest BCUT2D eigenvalue weighted by Crippen LogP contribution is -2.11. The number of thiophene rings is 1. The van der Waals surface area contributed by atoms with Crippen LogP contribution in [0.3, 0.4) is 0 Å². The zero-order chi connectivity index (χ0) is 31.9. The molecule has 0 aliphatic carbocycles. The summed E-state index contributed by atoms with van der Waals surface area (Å²) >= 11 is 1.88. The maximum absolute atomic E-state index is 2.38. The molecule has 1 heterocycles. The molecule has 0 aliphatic rings. The molecule has 9 rings (SSSR count). The van der Waals surface area contributed by atoms with Crippen LogP contribution in [-0.4, -0.2) is 0 Å². The minimum Gasteiger partial charge on any atom is -0.310 e. The summed E-state index contributed by atoms with van der Waals surface area (Å²) in [4.78, 5) is 2.38. The van der Waals surface area contributed by atoms with Gasteiger partial charge in [0.15, 0.2) is 0 Å². The van der Waals surface area contributed by atoms with Crippen molar-refractivity contribution in [2.24, 2.45) is 0 Å². The largest absolute Gasteiger partial charge is 0.310 e. The Morgan fingerprint density at radius 2 is 0.875 bits per heavy atom. The van der Waals surface area contributed by atoms with Crippen LogP contribution in [0.25, 0.3) is 64.3 Å². The molecule has 0 atom stereocenters. The van der Waals surface area contributed by atoms with Crippen LogP contribution in [0, 0.1) is 0 Å². The first kappa shape index (κ1) is 28.3. The highest BCUT2D eigenvalue weighted by molar-refractivity contribution is 7.26. The summed E-state index contributed by atoms with van der Waals surface area (Å²) in [6, 6.07) is 68.0. The molecule has 0 saturated carbocycles. The summed E-state index contributed by atoms with van der Waals surface area (Å²) in [5.74, 6) is 0. The molecule has 0 radical (unpaired) electrons. The van der Waals surface area contributed by atoms with E-state index in [1.807, 2.05) is 11.3 Å². The van der Waals surface area contributed by atoms with E-state index in [1.54, 1.807) is 0 Å². The van der Waals surface area contributed by atoms with Crippen LogP contribution in [0.2, 0.25) is 0 Å². The van der Waals surface area contributed by atoms with Gasteiger partial charge < -0.3 is 4.90 Å². The molecule has 0 aliphatic heterocycles. The Bertz CT molecular complexity index is 2540. The molecule has 0 fully saturated rings. The average Bonchev–Trinajstić information content (AvgIpc) is 3.55. The molecule has 1 aromatic heterocycles. The Hall–Kier alpha value is -5.96. The van der Waals surface area contributed by atoms with Crippen molar-refractivity contribution < 1.29 is 0 Å². The van der Waals surface area contributed by atoms with E-state index in [1.165, 1.54) is 64.3 Å². The minimum atomic E-state index is 1.12. The lowest BCUT2D eigenvalue weighted by atomic mass is 9.96. The Balaban J connectivity index is 1.11. The van der Waals surface area contributed by atoms with E-state index >= 15 is 0 Å². The zero-order valence-corrected chi connectivity index (χ0v) is 27.1. The first-order valence-electron chi connectivity index (χ1n) is 16.4. The number of rotatable bonds is 6. The van der Waals surface area contributed by atoms with Crippen LogP contribution in [-0.2, 0) is 0 Å². The van der Waals surface area contributed by atoms with Gasteiger partial charge >= 0.3 is 0 Å². The van der Waals surface area contributed by atoms with Crippen molar-refractivity contribution in [1.82, 2.24) is 0 Å². The van der Waals surface area contributed by atoms with Crippen LogP contribution < -0.4 is 4.90 Å². The fraction of sp³-hybridized carbons (Fsp3) is 0. The van der Waals surface area contributed by atoms with E-state index in [4.69, 9.17) is 0 Å². The second-order valence-corrected chi connectivity index (χ2v) is 13.2. The van der Waals surface area contributed by atoms with Gasteiger partial charge in [-0.15, -0.1) is 11.3 Å². The predicted octanol–water partition coefficient (Wildman–Crippen LogP) is 13.7. The van der Waals surface area contributed by atoms with Crippen molar-refractivity contribution in [1.29, 1.82) is 0 Å². The number of hydrogen-bond donors (Lipinski definition) is 0. The Morgan fingerprint density at radius 3 is 1.71 bits per heavy atom. The zero-order valence-electron chi connectivity index (χ0n) is 26.3. The van der Waals surface area contributed by atoms with Gasteiger partial charge in [0, 0.05) is 42.7 Å². The normalized spacial score (nSPS) is 11.3. The molecule has 0 bridgehead atoms. The van der Waals surface area contributed by atoms with Gasteiger partial charge in [0.05, 0.1) is 5.69 Å². The molecule has 1 nitrogen and oxygen atoms in total. The smallest absolute Gasteiger partial charge is 0.0540 e. The maximum Gasteiger partial charge on any atom is 0.0540 e. The lowest BCUT2D eigenvalue weighted by Gasteiger charge is -2.28. The predicted molar refractivity (Wildman–Crippen MR) is 208 cm³/mol. The fourth-order valence-electron chi connectivity index (χ4n) is 6.98. The molecule has 0 saturated heterocycles. The van der Waals surface area contributed by atoms with Gasteiger partial charge in [0.25, 0.3) is 0 Å². The Labute approximate surface area is 284 Å². The number of anilines is 3. The second kappa shape index (κ2) is 12.0. The highest BCUT2D eigenvalue weighted by Gasteiger charge is 2.19. The Kier molecular flexibility index (Phi) is 7.07. The Morgan fingerprint density at radius 1 is 0.333 bits per heavy atom. The summed E-state index contributed by atoms with van der Waals surface area (Å²) in [6.07, 6.45) is 0. The second-order valence-electron chi connectivity index (χ2n) is 12.1. The molecule has 2 heteroatoms. The summed E-state index contributed by atoms with van der Waals surface area (Å²) in [6.45, 7) is 0. The minimum absolute atomic E-state index is 1.12. The third-order valence-corrected chi connectivity index (χ3v) is 10.5. The van der Waals surface area contributed by atoms with Gasteiger partial charge in [0.1, 0.15) is 0 Å². The van der Waals surface area contributed by atoms with E-state index in [2.05, 4.69) is 193 Å². The molecule has 8 aromatic carbocycles. The SMILES string of the molecule is c1ccc(N(c2ccc(-c3ccc(-c4cccc5ccccc45)cc3)cc2)c2ccccc2-c2cccc3c2sc2ccccc23)cc1. The average molecular weight is 630 g/mol. The van der Waals surface area contributed by atoms with Crippen molar-refractivity contribution in [3.63, 3.8) is 0 Å². The van der Waals surface area contributed by atoms with Gasteiger partial charge in [-0.1, -0.05) is 152 Å². The molecule has 48 heavy (non-hydrogen) atoms. The molecule has 0 unspecified atom stereocenters. The van der Waals surface area contributed by atoms with Crippen LogP contribution >= 0.6 is 11.3 Å². The van der Waals surface area contributed by atoms with Gasteiger partial charge in [-0.3, -0.25) is 0 Å². The van der Waals surface area contributed by atoms with Crippen molar-refractivity contribution >= 4 is 59.3 Å². The first-order valence-corrected chi connectivity index (χ1v) is 17.2. The van der Waals surface area contributed by atoms with Gasteiger partial charge in [0.2, 0.25) is 0 Å². The van der Waals surface area contributed by atoms with Gasteiger partial charge in [-0.25, -0.2) is 0 Å². The molecule has 0 spiro atoms. The number of fused-ring (bicyclic) bond motifs is 4. The van der Waals surface area contributed by atoms with Crippen molar-refractivity contribution in [3.05, 3.63) is 188 Å². The van der Waals surface area contributed by atoms with Gasteiger partial charge in [-0.2, -0.15) is 0 Å². The van der Waals surface area contributed by atoms with Crippen LogP contribution in [0.15, 0.2) is 188 Å². The molecule has 0 amide bonds. The van der Waals surface area contributed by atoms with Gasteiger partial charge in [-0.05, 0) is 69.4 Å². The third-order valence-electron chi connectivity index (χ3n) is 9.30. The number of nitrogens with zero attached hydrogens (tertiary/aromatic N) is 1. The van der Waals surface area contributed by atoms with E-state index in [-0.39, 0.29) is 0 Å². The van der Waals surface area contributed by atoms with Crippen LogP contribution in [0.4, 0.5) is 17.1 Å². The molecular weight excluding hydrogens is 599 g/mol. The summed E-state index contributed by atoms with van der Waals surface area (Å²) in [7, 11) is 0. The molecule has 0 N–H and O–H groups in total. The number of hydrogen-bond acceptors (Lipinski definition) is 2. The number of benzene rings is 8. The summed E-state index contributed by atoms with van der Waals surface area (Å²) in [5.41, 5.74) is 10.8. The van der Waals surface area contributed by atoms with Crippen molar-refractivity contribution in [3.8, 4) is 33.4 Å². The summed E-state index contributed by atoms with van der Waals surface area (Å²) in [5, 5.41) is 5.17. The first-order chi connectivity index (χ1) is 23.8. The summed E-state index contributed by atoms with van der Waals surface area (Å²) < 4.78 is 2.64. The standard InChI is InChI=1S/C46H31NS/c1-2-14-36(15-3-1)47(44-22-8-6-17-40(44)42-20-11-21-43-41-18-7-9-23-45(41)48-46(42)43)37-30-28-33(29-31-37)32-24-26-35(27-25-32)39-19-10-13-34-12-4-5-16-38(34)39/h1-31H. The monoisotopic (exact) mass is 629 g/mol. The highest BCUT2D eigenvalue weighted by atomic mass is 32.1. The quantitative estimate of drug-likeness (QED) is 0.177. The highest BCUT2D eigenvalue weighted by Crippen LogP contribution is 2.46. The van der Waals surface area contributed by atoms with Crippen molar-refractivity contribution in [2.45, 2.75) is 0 Å². The van der Waals surface area contributed by atoms with Crippen LogP contribution in [0.1, 0.15) is 0 Å². The van der Waals surface area contributed by atoms with Crippen molar-refractivity contribution in [2.75, 3.05) is 4.90 Å². The lowest BCUT2D eigenvalue weighted by molar-refractivity contribution is 1.28. The molecule has 226 valence electrons. The maximum atomic E-state index is 2.38.